The summed E-state index contributed by atoms with van der Waals surface area (Å²) < 4.78 is 10.4. The Morgan fingerprint density at radius 1 is 1.69 bits per heavy atom. The normalized spacial score (nSPS) is 27.9. The fraction of sp³-hybridized carbons (Fsp3) is 0.900. The summed E-state index contributed by atoms with van der Waals surface area (Å²) in [5, 5.41) is 9.04. The van der Waals surface area contributed by atoms with Gasteiger partial charge < -0.3 is 25.2 Å². The quantitative estimate of drug-likeness (QED) is 0.620. The number of morpholine rings is 1. The molecule has 16 heavy (non-hydrogen) atoms. The number of carbonyl (C=O) groups excluding carboxylic acids is 1. The van der Waals surface area contributed by atoms with Gasteiger partial charge in [-0.05, 0) is 6.92 Å². The zero-order valence-corrected chi connectivity index (χ0v) is 9.76. The average Bonchev–Trinajstić information content (AvgIpc) is 2.29. The van der Waals surface area contributed by atoms with Gasteiger partial charge in [0.15, 0.2) is 0 Å². The Bertz CT molecular complexity index is 233. The fourth-order valence-corrected chi connectivity index (χ4v) is 1.83. The van der Waals surface area contributed by atoms with E-state index in [9.17, 15) is 4.79 Å². The van der Waals surface area contributed by atoms with Crippen LogP contribution in [0.15, 0.2) is 0 Å². The van der Waals surface area contributed by atoms with Gasteiger partial charge in [-0.3, -0.25) is 4.79 Å². The van der Waals surface area contributed by atoms with E-state index in [0.29, 0.717) is 13.1 Å². The van der Waals surface area contributed by atoms with E-state index in [4.69, 9.17) is 20.3 Å². The highest BCUT2D eigenvalue weighted by atomic mass is 16.5. The van der Waals surface area contributed by atoms with Crippen molar-refractivity contribution in [3.05, 3.63) is 0 Å². The van der Waals surface area contributed by atoms with Gasteiger partial charge >= 0.3 is 0 Å². The van der Waals surface area contributed by atoms with Crippen molar-refractivity contribution in [1.29, 1.82) is 0 Å². The van der Waals surface area contributed by atoms with Gasteiger partial charge in [-0.2, -0.15) is 0 Å². The second-order valence-corrected chi connectivity index (χ2v) is 3.95. The first-order valence-corrected chi connectivity index (χ1v) is 5.40. The maximum Gasteiger partial charge on any atom is 0.253 e. The maximum atomic E-state index is 12.0. The summed E-state index contributed by atoms with van der Waals surface area (Å²) in [5.74, 6) is -0.140. The van der Waals surface area contributed by atoms with Crippen molar-refractivity contribution in [3.63, 3.8) is 0 Å². The summed E-state index contributed by atoms with van der Waals surface area (Å²) in [6.45, 7) is 2.83. The Kier molecular flexibility index (Phi) is 5.14. The van der Waals surface area contributed by atoms with Crippen molar-refractivity contribution >= 4 is 5.91 Å². The summed E-state index contributed by atoms with van der Waals surface area (Å²) in [6, 6.07) is 0. The molecule has 0 aromatic rings. The number of ether oxygens (including phenoxy) is 2. The van der Waals surface area contributed by atoms with Gasteiger partial charge in [-0.1, -0.05) is 0 Å². The molecule has 3 atom stereocenters. The molecule has 0 aromatic heterocycles. The van der Waals surface area contributed by atoms with Gasteiger partial charge in [-0.15, -0.1) is 0 Å². The number of amides is 1. The average molecular weight is 232 g/mol. The van der Waals surface area contributed by atoms with Gasteiger partial charge in [0.2, 0.25) is 0 Å². The third kappa shape index (κ3) is 3.15. The van der Waals surface area contributed by atoms with Gasteiger partial charge in [-0.25, -0.2) is 0 Å². The highest BCUT2D eigenvalue weighted by molar-refractivity contribution is 5.81. The fourth-order valence-electron chi connectivity index (χ4n) is 1.83. The van der Waals surface area contributed by atoms with Crippen molar-refractivity contribution in [1.82, 2.24) is 4.90 Å². The van der Waals surface area contributed by atoms with E-state index >= 15 is 0 Å². The van der Waals surface area contributed by atoms with Gasteiger partial charge in [0.05, 0.1) is 18.8 Å². The molecule has 1 heterocycles. The molecule has 0 spiro atoms. The SMILES string of the molecule is COC(CN)C(=O)N1CC(C)OC(CO)C1. The van der Waals surface area contributed by atoms with Crippen LogP contribution in [-0.4, -0.2) is 67.6 Å². The minimum absolute atomic E-state index is 0.0786. The van der Waals surface area contributed by atoms with Crippen LogP contribution >= 0.6 is 0 Å². The molecule has 1 aliphatic heterocycles. The van der Waals surface area contributed by atoms with Crippen molar-refractivity contribution in [3.8, 4) is 0 Å². The second kappa shape index (κ2) is 6.15. The molecule has 3 unspecified atom stereocenters. The molecule has 1 aliphatic rings. The van der Waals surface area contributed by atoms with Crippen molar-refractivity contribution in [2.24, 2.45) is 5.73 Å². The molecule has 1 amide bonds. The van der Waals surface area contributed by atoms with Gasteiger partial charge in [0, 0.05) is 26.7 Å². The van der Waals surface area contributed by atoms with Crippen LogP contribution in [0.25, 0.3) is 0 Å². The number of methoxy groups -OCH3 is 1. The lowest BCUT2D eigenvalue weighted by molar-refractivity contribution is -0.156. The summed E-state index contributed by atoms with van der Waals surface area (Å²) in [7, 11) is 1.46. The first-order chi connectivity index (χ1) is 7.62. The van der Waals surface area contributed by atoms with Gasteiger partial charge in [0.1, 0.15) is 6.10 Å². The number of rotatable bonds is 4. The zero-order valence-electron chi connectivity index (χ0n) is 9.76. The maximum absolute atomic E-state index is 12.0. The number of carbonyl (C=O) groups is 1. The summed E-state index contributed by atoms with van der Waals surface area (Å²) >= 11 is 0. The molecule has 6 heteroatoms. The predicted molar refractivity (Wildman–Crippen MR) is 57.9 cm³/mol. The molecule has 94 valence electrons. The molecule has 1 saturated heterocycles. The molecule has 0 aromatic carbocycles. The van der Waals surface area contributed by atoms with E-state index in [1.54, 1.807) is 4.90 Å². The van der Waals surface area contributed by atoms with Crippen LogP contribution in [0.4, 0.5) is 0 Å². The number of hydrogen-bond donors (Lipinski definition) is 2. The van der Waals surface area contributed by atoms with Crippen molar-refractivity contribution in [2.75, 3.05) is 33.4 Å². The molecule has 3 N–H and O–H groups in total. The first-order valence-electron chi connectivity index (χ1n) is 5.40. The Morgan fingerprint density at radius 3 is 2.88 bits per heavy atom. The van der Waals surface area contributed by atoms with Crippen molar-refractivity contribution < 1.29 is 19.4 Å². The summed E-state index contributed by atoms with van der Waals surface area (Å²) in [6.07, 6.45) is -1.00. The lowest BCUT2D eigenvalue weighted by atomic mass is 10.2. The Balaban J connectivity index is 2.60. The van der Waals surface area contributed by atoms with Crippen molar-refractivity contribution in [2.45, 2.75) is 25.2 Å². The minimum Gasteiger partial charge on any atom is -0.394 e. The monoisotopic (exact) mass is 232 g/mol. The van der Waals surface area contributed by atoms with E-state index in [0.717, 1.165) is 0 Å². The Morgan fingerprint density at radius 2 is 2.38 bits per heavy atom. The summed E-state index contributed by atoms with van der Waals surface area (Å²) in [4.78, 5) is 13.6. The molecular weight excluding hydrogens is 212 g/mol. The second-order valence-electron chi connectivity index (χ2n) is 3.95. The van der Waals surface area contributed by atoms with Crippen LogP contribution in [-0.2, 0) is 14.3 Å². The third-order valence-electron chi connectivity index (χ3n) is 2.62. The minimum atomic E-state index is -0.607. The van der Waals surface area contributed by atoms with E-state index in [1.165, 1.54) is 7.11 Å². The number of nitrogens with zero attached hydrogens (tertiary/aromatic N) is 1. The number of aliphatic hydroxyl groups is 1. The Hall–Kier alpha value is -0.690. The number of aliphatic hydroxyl groups excluding tert-OH is 1. The zero-order chi connectivity index (χ0) is 12.1. The highest BCUT2D eigenvalue weighted by Crippen LogP contribution is 2.12. The van der Waals surface area contributed by atoms with Crippen LogP contribution < -0.4 is 5.73 Å². The lowest BCUT2D eigenvalue weighted by Crippen LogP contribution is -2.54. The number of hydrogen-bond acceptors (Lipinski definition) is 5. The van der Waals surface area contributed by atoms with Crippen LogP contribution in [0, 0.1) is 0 Å². The molecule has 1 rings (SSSR count). The van der Waals surface area contributed by atoms with Crippen LogP contribution in [0.3, 0.4) is 0 Å². The molecule has 0 radical (unpaired) electrons. The van der Waals surface area contributed by atoms with E-state index in [2.05, 4.69) is 0 Å². The standard InChI is InChI=1S/C10H20N2O4/c1-7-4-12(5-8(6-13)16-7)10(14)9(3-11)15-2/h7-9,13H,3-6,11H2,1-2H3. The third-order valence-corrected chi connectivity index (χ3v) is 2.62. The van der Waals surface area contributed by atoms with Crippen LogP contribution in [0.2, 0.25) is 0 Å². The highest BCUT2D eigenvalue weighted by Gasteiger charge is 2.31. The molecule has 0 bridgehead atoms. The molecule has 0 aliphatic carbocycles. The van der Waals surface area contributed by atoms with E-state index < -0.39 is 6.10 Å². The largest absolute Gasteiger partial charge is 0.394 e. The van der Waals surface area contributed by atoms with Crippen LogP contribution in [0.1, 0.15) is 6.92 Å². The topological polar surface area (TPSA) is 85.0 Å². The smallest absolute Gasteiger partial charge is 0.253 e. The predicted octanol–water partition coefficient (Wildman–Crippen LogP) is -1.43. The summed E-state index contributed by atoms with van der Waals surface area (Å²) in [5.41, 5.74) is 5.44. The first kappa shape index (κ1) is 13.4. The number of nitrogens with two attached hydrogens (primary N) is 1. The van der Waals surface area contributed by atoms with E-state index in [1.807, 2.05) is 6.92 Å². The Labute approximate surface area is 95.3 Å². The molecular formula is C10H20N2O4. The molecule has 6 nitrogen and oxygen atoms in total. The molecule has 0 saturated carbocycles. The van der Waals surface area contributed by atoms with Crippen LogP contribution in [0.5, 0.6) is 0 Å². The lowest BCUT2D eigenvalue weighted by Gasteiger charge is -2.37. The van der Waals surface area contributed by atoms with Gasteiger partial charge in [0.25, 0.3) is 5.91 Å². The molecule has 1 fully saturated rings. The van der Waals surface area contributed by atoms with E-state index in [-0.39, 0.29) is 31.3 Å².